The average Bonchev–Trinajstić information content (AvgIpc) is 3.27. The van der Waals surface area contributed by atoms with Crippen LogP contribution in [-0.2, 0) is 22.6 Å². The fourth-order valence-corrected chi connectivity index (χ4v) is 4.49. The zero-order chi connectivity index (χ0) is 23.2. The van der Waals surface area contributed by atoms with Crippen LogP contribution in [0.1, 0.15) is 50.1 Å². The molecule has 2 aliphatic rings. The van der Waals surface area contributed by atoms with E-state index in [0.717, 1.165) is 29.5 Å². The Kier molecular flexibility index (Phi) is 5.66. The molecule has 0 saturated carbocycles. The first-order valence-corrected chi connectivity index (χ1v) is 10.5. The maximum absolute atomic E-state index is 14.7. The zero-order valence-electron chi connectivity index (χ0n) is 18.5. The Morgan fingerprint density at radius 2 is 2.03 bits per heavy atom. The number of benzene rings is 1. The van der Waals surface area contributed by atoms with Crippen molar-refractivity contribution in [1.82, 2.24) is 25.3 Å². The average molecular weight is 447 g/mol. The lowest BCUT2D eigenvalue weighted by Crippen LogP contribution is -2.60. The molecule has 0 bridgehead atoms. The van der Waals surface area contributed by atoms with Gasteiger partial charge in [0, 0.05) is 31.3 Å². The lowest BCUT2D eigenvalue weighted by molar-refractivity contribution is -0.144. The number of alkyl carbamates (subject to hydrolysis) is 1. The van der Waals surface area contributed by atoms with E-state index in [9.17, 15) is 18.4 Å². The molecule has 1 saturated heterocycles. The lowest BCUT2D eigenvalue weighted by atomic mass is 9.87. The van der Waals surface area contributed by atoms with Gasteiger partial charge in [-0.15, -0.1) is 0 Å². The van der Waals surface area contributed by atoms with Gasteiger partial charge in [0.25, 0.3) is 0 Å². The number of carbonyl (C=O) groups excluding carboxylic acids is 2. The second-order valence-corrected chi connectivity index (χ2v) is 9.34. The highest BCUT2D eigenvalue weighted by molar-refractivity contribution is 5.84. The van der Waals surface area contributed by atoms with Gasteiger partial charge in [0.05, 0.1) is 30.0 Å². The highest BCUT2D eigenvalue weighted by Crippen LogP contribution is 2.36. The number of ether oxygens (including phenoxy) is 1. The Morgan fingerprint density at radius 3 is 2.72 bits per heavy atom. The number of fused-ring (bicyclic) bond motifs is 1. The Hall–Kier alpha value is -3.01. The molecule has 2 aliphatic heterocycles. The SMILES string of the molecule is CN1C(=O)[C@H](N2Cc3cn[nH]c3C2)C[C@H](NC(=O)OC(C)(C)C)C1c1cc(F)ccc1F. The Balaban J connectivity index is 1.64. The van der Waals surface area contributed by atoms with Crippen LogP contribution in [0, 0.1) is 11.6 Å². The number of carbonyl (C=O) groups is 2. The number of likely N-dealkylation sites (N-methyl/N-ethyl adjacent to an activating group) is 1. The molecule has 1 unspecified atom stereocenters. The van der Waals surface area contributed by atoms with Crippen molar-refractivity contribution in [3.8, 4) is 0 Å². The summed E-state index contributed by atoms with van der Waals surface area (Å²) in [6.45, 7) is 6.26. The van der Waals surface area contributed by atoms with Crippen LogP contribution in [0.4, 0.5) is 13.6 Å². The van der Waals surface area contributed by atoms with E-state index in [2.05, 4.69) is 15.5 Å². The number of hydrogen-bond acceptors (Lipinski definition) is 5. The topological polar surface area (TPSA) is 90.6 Å². The van der Waals surface area contributed by atoms with Crippen LogP contribution in [-0.4, -0.2) is 56.7 Å². The van der Waals surface area contributed by atoms with E-state index in [1.165, 1.54) is 4.90 Å². The molecule has 3 heterocycles. The molecule has 0 radical (unpaired) electrons. The van der Waals surface area contributed by atoms with E-state index in [1.54, 1.807) is 34.0 Å². The summed E-state index contributed by atoms with van der Waals surface area (Å²) in [4.78, 5) is 29.3. The first-order chi connectivity index (χ1) is 15.0. The number of amides is 2. The van der Waals surface area contributed by atoms with Gasteiger partial charge in [0.1, 0.15) is 17.2 Å². The van der Waals surface area contributed by atoms with E-state index in [4.69, 9.17) is 4.74 Å². The molecular formula is C22H27F2N5O3. The van der Waals surface area contributed by atoms with E-state index in [0.29, 0.717) is 13.1 Å². The van der Waals surface area contributed by atoms with Crippen molar-refractivity contribution >= 4 is 12.0 Å². The molecule has 0 aliphatic carbocycles. The van der Waals surface area contributed by atoms with Crippen molar-refractivity contribution in [2.45, 2.75) is 64.0 Å². The number of H-pyrrole nitrogens is 1. The van der Waals surface area contributed by atoms with Gasteiger partial charge < -0.3 is 15.0 Å². The van der Waals surface area contributed by atoms with Gasteiger partial charge in [0.15, 0.2) is 0 Å². The minimum Gasteiger partial charge on any atom is -0.444 e. The zero-order valence-corrected chi connectivity index (χ0v) is 18.5. The molecule has 1 fully saturated rings. The fourth-order valence-electron chi connectivity index (χ4n) is 4.49. The first kappa shape index (κ1) is 22.2. The summed E-state index contributed by atoms with van der Waals surface area (Å²) >= 11 is 0. The van der Waals surface area contributed by atoms with Crippen molar-refractivity contribution in [3.05, 3.63) is 52.9 Å². The summed E-state index contributed by atoms with van der Waals surface area (Å²) in [6, 6.07) is 0.998. The number of rotatable bonds is 3. The van der Waals surface area contributed by atoms with E-state index in [1.807, 2.05) is 4.90 Å². The fraction of sp³-hybridized carbons (Fsp3) is 0.500. The third-order valence-corrected chi connectivity index (χ3v) is 5.87. The monoisotopic (exact) mass is 447 g/mol. The van der Waals surface area contributed by atoms with Crippen LogP contribution in [0.15, 0.2) is 24.4 Å². The summed E-state index contributed by atoms with van der Waals surface area (Å²) in [6.07, 6.45) is 1.27. The molecule has 3 atom stereocenters. The van der Waals surface area contributed by atoms with Gasteiger partial charge in [-0.25, -0.2) is 13.6 Å². The quantitative estimate of drug-likeness (QED) is 0.755. The van der Waals surface area contributed by atoms with Crippen molar-refractivity contribution in [1.29, 1.82) is 0 Å². The molecule has 10 heteroatoms. The maximum atomic E-state index is 14.7. The van der Waals surface area contributed by atoms with E-state index in [-0.39, 0.29) is 17.9 Å². The number of hydrogen-bond donors (Lipinski definition) is 2. The third-order valence-electron chi connectivity index (χ3n) is 5.87. The van der Waals surface area contributed by atoms with Gasteiger partial charge in [0.2, 0.25) is 5.91 Å². The molecule has 4 rings (SSSR count). The van der Waals surface area contributed by atoms with E-state index >= 15 is 0 Å². The normalized spacial score (nSPS) is 23.9. The van der Waals surface area contributed by atoms with Crippen LogP contribution >= 0.6 is 0 Å². The summed E-state index contributed by atoms with van der Waals surface area (Å²) < 4.78 is 34.1. The smallest absolute Gasteiger partial charge is 0.407 e. The lowest BCUT2D eigenvalue weighted by Gasteiger charge is -2.45. The van der Waals surface area contributed by atoms with Crippen LogP contribution in [0.5, 0.6) is 0 Å². The first-order valence-electron chi connectivity index (χ1n) is 10.5. The number of halogens is 2. The number of nitrogens with zero attached hydrogens (tertiary/aromatic N) is 3. The minimum absolute atomic E-state index is 0.0104. The molecule has 172 valence electrons. The summed E-state index contributed by atoms with van der Waals surface area (Å²) in [5.41, 5.74) is 1.23. The van der Waals surface area contributed by atoms with Crippen molar-refractivity contribution in [2.24, 2.45) is 0 Å². The summed E-state index contributed by atoms with van der Waals surface area (Å²) in [5, 5.41) is 9.75. The molecule has 1 aromatic heterocycles. The molecular weight excluding hydrogens is 420 g/mol. The molecule has 2 N–H and O–H groups in total. The highest BCUT2D eigenvalue weighted by Gasteiger charge is 2.46. The number of aromatic nitrogens is 2. The predicted octanol–water partition coefficient (Wildman–Crippen LogP) is 2.87. The van der Waals surface area contributed by atoms with Crippen molar-refractivity contribution in [3.63, 3.8) is 0 Å². The van der Waals surface area contributed by atoms with Crippen LogP contribution in [0.25, 0.3) is 0 Å². The molecule has 2 aromatic rings. The largest absolute Gasteiger partial charge is 0.444 e. The van der Waals surface area contributed by atoms with E-state index < -0.39 is 41.5 Å². The van der Waals surface area contributed by atoms with Gasteiger partial charge >= 0.3 is 6.09 Å². The Bertz CT molecular complexity index is 1010. The van der Waals surface area contributed by atoms with Gasteiger partial charge in [-0.3, -0.25) is 14.8 Å². The summed E-state index contributed by atoms with van der Waals surface area (Å²) in [5.74, 6) is -1.49. The maximum Gasteiger partial charge on any atom is 0.407 e. The third kappa shape index (κ3) is 4.32. The number of piperidine rings is 1. The molecule has 8 nitrogen and oxygen atoms in total. The minimum atomic E-state index is -0.885. The van der Waals surface area contributed by atoms with Crippen LogP contribution in [0.3, 0.4) is 0 Å². The molecule has 1 aromatic carbocycles. The second kappa shape index (κ2) is 8.16. The second-order valence-electron chi connectivity index (χ2n) is 9.34. The number of nitrogens with one attached hydrogen (secondary N) is 2. The molecule has 0 spiro atoms. The Labute approximate surface area is 184 Å². The van der Waals surface area contributed by atoms with Crippen LogP contribution < -0.4 is 5.32 Å². The van der Waals surface area contributed by atoms with Gasteiger partial charge in [-0.1, -0.05) is 0 Å². The Morgan fingerprint density at radius 1 is 1.28 bits per heavy atom. The van der Waals surface area contributed by atoms with Crippen molar-refractivity contribution in [2.75, 3.05) is 7.05 Å². The predicted molar refractivity (Wildman–Crippen MR) is 111 cm³/mol. The van der Waals surface area contributed by atoms with Gasteiger partial charge in [-0.05, 0) is 45.4 Å². The van der Waals surface area contributed by atoms with Crippen molar-refractivity contribution < 1.29 is 23.1 Å². The molecule has 32 heavy (non-hydrogen) atoms. The molecule has 2 amide bonds. The van der Waals surface area contributed by atoms with Crippen LogP contribution in [0.2, 0.25) is 0 Å². The standard InChI is InChI=1S/C22H27F2N5O3/c1-22(2,3)32-21(31)26-16-8-18(29-10-12-9-25-27-17(12)11-29)20(30)28(4)19(16)14-7-13(23)5-6-15(14)24/h5-7,9,16,18-19H,8,10-11H2,1-4H3,(H,25,27)(H,26,31)/t16-,18+,19?/m0/s1. The highest BCUT2D eigenvalue weighted by atomic mass is 19.1. The summed E-state index contributed by atoms with van der Waals surface area (Å²) in [7, 11) is 1.55. The number of aromatic amines is 1. The van der Waals surface area contributed by atoms with Gasteiger partial charge in [-0.2, -0.15) is 5.10 Å². The number of likely N-dealkylation sites (tertiary alicyclic amines) is 1.